The van der Waals surface area contributed by atoms with E-state index in [0.29, 0.717) is 6.61 Å². The van der Waals surface area contributed by atoms with Crippen LogP contribution < -0.4 is 10.1 Å². The lowest BCUT2D eigenvalue weighted by molar-refractivity contribution is 0.286. The summed E-state index contributed by atoms with van der Waals surface area (Å²) in [6, 6.07) is 15.0. The van der Waals surface area contributed by atoms with Crippen LogP contribution in [0, 0.1) is 0 Å². The first-order valence-electron chi connectivity index (χ1n) is 6.54. The summed E-state index contributed by atoms with van der Waals surface area (Å²) >= 11 is 3.46. The standard InChI is InChI=1S/C16H16BrNO/c1-2-11-3-8-16-14(9-11)18-15(10-19-16)12-4-6-13(17)7-5-12/h3-9,15,18H,2,10H2,1H3. The van der Waals surface area contributed by atoms with Gasteiger partial charge in [-0.05, 0) is 41.8 Å². The highest BCUT2D eigenvalue weighted by atomic mass is 79.9. The van der Waals surface area contributed by atoms with Gasteiger partial charge in [-0.2, -0.15) is 0 Å². The van der Waals surface area contributed by atoms with Crippen molar-refractivity contribution in [3.63, 3.8) is 0 Å². The van der Waals surface area contributed by atoms with Crippen molar-refractivity contribution in [1.82, 2.24) is 0 Å². The first kappa shape index (κ1) is 12.5. The molecule has 1 atom stereocenters. The van der Waals surface area contributed by atoms with E-state index in [9.17, 15) is 0 Å². The Balaban J connectivity index is 1.86. The molecule has 1 aliphatic heterocycles. The summed E-state index contributed by atoms with van der Waals surface area (Å²) < 4.78 is 6.94. The molecule has 0 aliphatic carbocycles. The van der Waals surface area contributed by atoms with E-state index in [-0.39, 0.29) is 6.04 Å². The smallest absolute Gasteiger partial charge is 0.142 e. The van der Waals surface area contributed by atoms with Crippen molar-refractivity contribution in [2.24, 2.45) is 0 Å². The van der Waals surface area contributed by atoms with Crippen LogP contribution in [0.4, 0.5) is 5.69 Å². The van der Waals surface area contributed by atoms with Gasteiger partial charge in [0, 0.05) is 4.47 Å². The maximum absolute atomic E-state index is 5.85. The molecule has 0 saturated heterocycles. The van der Waals surface area contributed by atoms with Gasteiger partial charge in [-0.3, -0.25) is 0 Å². The molecule has 0 amide bonds. The van der Waals surface area contributed by atoms with Crippen molar-refractivity contribution in [3.05, 3.63) is 58.1 Å². The SMILES string of the molecule is CCc1ccc2c(c1)NC(c1ccc(Br)cc1)CO2. The van der Waals surface area contributed by atoms with E-state index in [1.807, 2.05) is 0 Å². The second-order valence-electron chi connectivity index (χ2n) is 4.74. The zero-order chi connectivity index (χ0) is 13.2. The molecule has 1 aliphatic rings. The Kier molecular flexibility index (Phi) is 3.47. The molecule has 0 spiro atoms. The molecule has 19 heavy (non-hydrogen) atoms. The van der Waals surface area contributed by atoms with E-state index < -0.39 is 0 Å². The maximum atomic E-state index is 5.85. The average molecular weight is 318 g/mol. The molecule has 3 heteroatoms. The summed E-state index contributed by atoms with van der Waals surface area (Å²) in [6.45, 7) is 2.83. The molecule has 2 aromatic carbocycles. The van der Waals surface area contributed by atoms with Crippen molar-refractivity contribution in [3.8, 4) is 5.75 Å². The number of hydrogen-bond acceptors (Lipinski definition) is 2. The van der Waals surface area contributed by atoms with Gasteiger partial charge < -0.3 is 10.1 Å². The van der Waals surface area contributed by atoms with Gasteiger partial charge in [0.15, 0.2) is 0 Å². The molecule has 0 fully saturated rings. The monoisotopic (exact) mass is 317 g/mol. The van der Waals surface area contributed by atoms with Crippen LogP contribution in [0.25, 0.3) is 0 Å². The summed E-state index contributed by atoms with van der Waals surface area (Å²) in [7, 11) is 0. The van der Waals surface area contributed by atoms with Crippen LogP contribution in [0.5, 0.6) is 5.75 Å². The highest BCUT2D eigenvalue weighted by molar-refractivity contribution is 9.10. The Morgan fingerprint density at radius 3 is 2.74 bits per heavy atom. The van der Waals surface area contributed by atoms with E-state index in [4.69, 9.17) is 4.74 Å². The molecule has 0 bridgehead atoms. The van der Waals surface area contributed by atoms with Crippen LogP contribution in [-0.4, -0.2) is 6.61 Å². The normalized spacial score (nSPS) is 17.3. The van der Waals surface area contributed by atoms with Crippen LogP contribution in [0.2, 0.25) is 0 Å². The number of fused-ring (bicyclic) bond motifs is 1. The minimum atomic E-state index is 0.215. The van der Waals surface area contributed by atoms with Crippen LogP contribution in [0.3, 0.4) is 0 Å². The Hall–Kier alpha value is -1.48. The van der Waals surface area contributed by atoms with Gasteiger partial charge in [-0.1, -0.05) is 41.1 Å². The fourth-order valence-corrected chi connectivity index (χ4v) is 2.58. The Morgan fingerprint density at radius 2 is 2.00 bits per heavy atom. The predicted octanol–water partition coefficient (Wildman–Crippen LogP) is 4.56. The second-order valence-corrected chi connectivity index (χ2v) is 5.66. The van der Waals surface area contributed by atoms with Gasteiger partial charge in [0.25, 0.3) is 0 Å². The van der Waals surface area contributed by atoms with Gasteiger partial charge in [-0.15, -0.1) is 0 Å². The fourth-order valence-electron chi connectivity index (χ4n) is 2.31. The molecule has 2 aromatic rings. The largest absolute Gasteiger partial charge is 0.489 e. The van der Waals surface area contributed by atoms with Gasteiger partial charge in [0.1, 0.15) is 12.4 Å². The zero-order valence-corrected chi connectivity index (χ0v) is 12.4. The van der Waals surface area contributed by atoms with Crippen LogP contribution >= 0.6 is 15.9 Å². The first-order chi connectivity index (χ1) is 9.26. The quantitative estimate of drug-likeness (QED) is 0.876. The average Bonchev–Trinajstić information content (AvgIpc) is 2.47. The molecule has 98 valence electrons. The molecule has 0 saturated carbocycles. The third kappa shape index (κ3) is 2.61. The first-order valence-corrected chi connectivity index (χ1v) is 7.33. The Bertz CT molecular complexity index is 580. The van der Waals surface area contributed by atoms with Crippen molar-refractivity contribution in [1.29, 1.82) is 0 Å². The summed E-state index contributed by atoms with van der Waals surface area (Å²) in [5.74, 6) is 0.950. The number of benzene rings is 2. The van der Waals surface area contributed by atoms with Crippen molar-refractivity contribution < 1.29 is 4.74 Å². The summed E-state index contributed by atoms with van der Waals surface area (Å²) in [5.41, 5.74) is 3.67. The number of rotatable bonds is 2. The third-order valence-electron chi connectivity index (χ3n) is 3.46. The van der Waals surface area contributed by atoms with E-state index in [1.165, 1.54) is 11.1 Å². The lowest BCUT2D eigenvalue weighted by atomic mass is 10.0. The Morgan fingerprint density at radius 1 is 1.21 bits per heavy atom. The molecule has 3 rings (SSSR count). The van der Waals surface area contributed by atoms with Crippen LogP contribution in [-0.2, 0) is 6.42 Å². The maximum Gasteiger partial charge on any atom is 0.142 e. The summed E-state index contributed by atoms with van der Waals surface area (Å²) in [4.78, 5) is 0. The van der Waals surface area contributed by atoms with E-state index >= 15 is 0 Å². The number of aryl methyl sites for hydroxylation is 1. The number of halogens is 1. The molecule has 1 N–H and O–H groups in total. The number of ether oxygens (including phenoxy) is 1. The van der Waals surface area contributed by atoms with E-state index in [0.717, 1.165) is 22.3 Å². The lowest BCUT2D eigenvalue weighted by Crippen LogP contribution is -2.23. The van der Waals surface area contributed by atoms with Crippen molar-refractivity contribution in [2.75, 3.05) is 11.9 Å². The lowest BCUT2D eigenvalue weighted by Gasteiger charge is -2.28. The topological polar surface area (TPSA) is 21.3 Å². The number of hydrogen-bond donors (Lipinski definition) is 1. The minimum Gasteiger partial charge on any atom is -0.489 e. The highest BCUT2D eigenvalue weighted by Crippen LogP contribution is 2.34. The van der Waals surface area contributed by atoms with E-state index in [2.05, 4.69) is 70.6 Å². The van der Waals surface area contributed by atoms with Gasteiger partial charge in [0.2, 0.25) is 0 Å². The Labute approximate surface area is 121 Å². The zero-order valence-electron chi connectivity index (χ0n) is 10.8. The number of anilines is 1. The molecule has 0 aromatic heterocycles. The van der Waals surface area contributed by atoms with Gasteiger partial charge in [0.05, 0.1) is 11.7 Å². The summed E-state index contributed by atoms with van der Waals surface area (Å²) in [6.07, 6.45) is 1.04. The predicted molar refractivity (Wildman–Crippen MR) is 81.8 cm³/mol. The van der Waals surface area contributed by atoms with Gasteiger partial charge in [-0.25, -0.2) is 0 Å². The van der Waals surface area contributed by atoms with Crippen molar-refractivity contribution in [2.45, 2.75) is 19.4 Å². The minimum absolute atomic E-state index is 0.215. The van der Waals surface area contributed by atoms with Crippen LogP contribution in [0.15, 0.2) is 46.9 Å². The second kappa shape index (κ2) is 5.25. The van der Waals surface area contributed by atoms with Crippen molar-refractivity contribution >= 4 is 21.6 Å². The highest BCUT2D eigenvalue weighted by Gasteiger charge is 2.20. The molecular formula is C16H16BrNO. The van der Waals surface area contributed by atoms with Gasteiger partial charge >= 0.3 is 0 Å². The molecule has 2 nitrogen and oxygen atoms in total. The van der Waals surface area contributed by atoms with Crippen LogP contribution in [0.1, 0.15) is 24.1 Å². The molecule has 1 heterocycles. The van der Waals surface area contributed by atoms with E-state index in [1.54, 1.807) is 0 Å². The molecule has 0 radical (unpaired) electrons. The molecule has 1 unspecified atom stereocenters. The fraction of sp³-hybridized carbons (Fsp3) is 0.250. The third-order valence-corrected chi connectivity index (χ3v) is 3.99. The summed E-state index contributed by atoms with van der Waals surface area (Å²) in [5, 5.41) is 3.57. The molecular weight excluding hydrogens is 302 g/mol. The number of nitrogens with one attached hydrogen (secondary N) is 1.